The van der Waals surface area contributed by atoms with Crippen molar-refractivity contribution in [1.82, 2.24) is 5.32 Å². The fourth-order valence-electron chi connectivity index (χ4n) is 0.479. The SMILES string of the molecule is C#CC(C)NC(N)=NCC. The Morgan fingerprint density at radius 1 is 1.90 bits per heavy atom. The van der Waals surface area contributed by atoms with Crippen LogP contribution in [0.3, 0.4) is 0 Å². The smallest absolute Gasteiger partial charge is 0.189 e. The van der Waals surface area contributed by atoms with Crippen LogP contribution >= 0.6 is 0 Å². The minimum Gasteiger partial charge on any atom is -0.370 e. The van der Waals surface area contributed by atoms with E-state index in [0.29, 0.717) is 12.5 Å². The van der Waals surface area contributed by atoms with Gasteiger partial charge in [0, 0.05) is 6.54 Å². The number of hydrogen-bond donors (Lipinski definition) is 2. The molecule has 3 nitrogen and oxygen atoms in total. The van der Waals surface area contributed by atoms with Gasteiger partial charge in [-0.05, 0) is 13.8 Å². The maximum Gasteiger partial charge on any atom is 0.189 e. The Bertz CT molecular complexity index is 155. The summed E-state index contributed by atoms with van der Waals surface area (Å²) < 4.78 is 0. The maximum absolute atomic E-state index is 5.40. The van der Waals surface area contributed by atoms with Crippen molar-refractivity contribution in [3.63, 3.8) is 0 Å². The third kappa shape index (κ3) is 3.79. The van der Waals surface area contributed by atoms with Crippen molar-refractivity contribution >= 4 is 5.96 Å². The van der Waals surface area contributed by atoms with Crippen LogP contribution in [0.2, 0.25) is 0 Å². The monoisotopic (exact) mass is 139 g/mol. The van der Waals surface area contributed by atoms with Gasteiger partial charge in [-0.3, -0.25) is 4.99 Å². The van der Waals surface area contributed by atoms with Gasteiger partial charge in [-0.2, -0.15) is 0 Å². The van der Waals surface area contributed by atoms with Gasteiger partial charge in [0.1, 0.15) is 0 Å². The van der Waals surface area contributed by atoms with Gasteiger partial charge >= 0.3 is 0 Å². The summed E-state index contributed by atoms with van der Waals surface area (Å²) in [5.41, 5.74) is 5.40. The molecule has 0 aromatic heterocycles. The number of nitrogens with one attached hydrogen (secondary N) is 1. The van der Waals surface area contributed by atoms with E-state index in [1.165, 1.54) is 0 Å². The number of guanidine groups is 1. The highest BCUT2D eigenvalue weighted by molar-refractivity contribution is 5.78. The molecule has 10 heavy (non-hydrogen) atoms. The van der Waals surface area contributed by atoms with E-state index in [1.54, 1.807) is 0 Å². The van der Waals surface area contributed by atoms with Crippen LogP contribution in [0, 0.1) is 12.3 Å². The van der Waals surface area contributed by atoms with Gasteiger partial charge in [-0.15, -0.1) is 6.42 Å². The highest BCUT2D eigenvalue weighted by Crippen LogP contribution is 1.75. The highest BCUT2D eigenvalue weighted by atomic mass is 15.1. The number of hydrogen-bond acceptors (Lipinski definition) is 1. The Balaban J connectivity index is 3.70. The Kier molecular flexibility index (Phi) is 4.14. The maximum atomic E-state index is 5.40. The third-order valence-corrected chi connectivity index (χ3v) is 0.943. The van der Waals surface area contributed by atoms with Gasteiger partial charge in [0.05, 0.1) is 6.04 Å². The molecule has 1 unspecified atom stereocenters. The van der Waals surface area contributed by atoms with Gasteiger partial charge in [-0.1, -0.05) is 5.92 Å². The summed E-state index contributed by atoms with van der Waals surface area (Å²) in [6, 6.07) is -0.0460. The standard InChI is InChI=1S/C7H13N3/c1-4-6(3)10-7(8)9-5-2/h1,6H,5H2,2-3H3,(H3,8,9,10). The molecule has 0 amide bonds. The van der Waals surface area contributed by atoms with Crippen molar-refractivity contribution in [3.05, 3.63) is 0 Å². The van der Waals surface area contributed by atoms with Crippen LogP contribution in [0.5, 0.6) is 0 Å². The van der Waals surface area contributed by atoms with E-state index in [2.05, 4.69) is 16.2 Å². The minimum absolute atomic E-state index is 0.0460. The van der Waals surface area contributed by atoms with Crippen molar-refractivity contribution in [3.8, 4) is 12.3 Å². The van der Waals surface area contributed by atoms with E-state index >= 15 is 0 Å². The molecule has 0 fully saturated rings. The lowest BCUT2D eigenvalue weighted by atomic mass is 10.4. The predicted molar refractivity (Wildman–Crippen MR) is 43.6 cm³/mol. The van der Waals surface area contributed by atoms with Crippen LogP contribution in [0.4, 0.5) is 0 Å². The molecule has 0 bridgehead atoms. The first-order valence-electron chi connectivity index (χ1n) is 3.23. The van der Waals surface area contributed by atoms with E-state index < -0.39 is 0 Å². The first kappa shape index (κ1) is 8.83. The second-order valence-electron chi connectivity index (χ2n) is 1.89. The van der Waals surface area contributed by atoms with Crippen molar-refractivity contribution < 1.29 is 0 Å². The summed E-state index contributed by atoms with van der Waals surface area (Å²) in [4.78, 5) is 3.90. The van der Waals surface area contributed by atoms with E-state index in [1.807, 2.05) is 13.8 Å². The van der Waals surface area contributed by atoms with Gasteiger partial charge in [0.15, 0.2) is 5.96 Å². The highest BCUT2D eigenvalue weighted by Gasteiger charge is 1.94. The van der Waals surface area contributed by atoms with Gasteiger partial charge < -0.3 is 11.1 Å². The average molecular weight is 139 g/mol. The van der Waals surface area contributed by atoms with Crippen LogP contribution in [0.15, 0.2) is 4.99 Å². The Morgan fingerprint density at radius 3 is 2.90 bits per heavy atom. The number of nitrogens with two attached hydrogens (primary N) is 1. The summed E-state index contributed by atoms with van der Waals surface area (Å²) in [5, 5.41) is 2.82. The van der Waals surface area contributed by atoms with Crippen LogP contribution in [-0.4, -0.2) is 18.5 Å². The molecule has 0 saturated heterocycles. The van der Waals surface area contributed by atoms with E-state index in [4.69, 9.17) is 12.2 Å². The van der Waals surface area contributed by atoms with Crippen molar-refractivity contribution in [2.45, 2.75) is 19.9 Å². The van der Waals surface area contributed by atoms with Crippen molar-refractivity contribution in [1.29, 1.82) is 0 Å². The zero-order valence-electron chi connectivity index (χ0n) is 6.39. The lowest BCUT2D eigenvalue weighted by Gasteiger charge is -2.06. The normalized spacial score (nSPS) is 13.9. The molecule has 0 aromatic carbocycles. The average Bonchev–Trinajstić information content (AvgIpc) is 1.88. The molecule has 0 aliphatic heterocycles. The molecule has 0 radical (unpaired) electrons. The number of nitrogens with zero attached hydrogens (tertiary/aromatic N) is 1. The fraction of sp³-hybridized carbons (Fsp3) is 0.571. The number of aliphatic imine (C=N–C) groups is 1. The molecule has 56 valence electrons. The van der Waals surface area contributed by atoms with Crippen LogP contribution in [-0.2, 0) is 0 Å². The van der Waals surface area contributed by atoms with Crippen molar-refractivity contribution in [2.75, 3.05) is 6.54 Å². The fourth-order valence-corrected chi connectivity index (χ4v) is 0.479. The van der Waals surface area contributed by atoms with Crippen molar-refractivity contribution in [2.24, 2.45) is 10.7 Å². The number of terminal acetylenes is 1. The first-order chi connectivity index (χ1) is 4.70. The molecular formula is C7H13N3. The molecule has 0 spiro atoms. The molecule has 0 heterocycles. The molecule has 3 heteroatoms. The predicted octanol–water partition coefficient (Wildman–Crippen LogP) is -0.0677. The second kappa shape index (κ2) is 4.68. The zero-order chi connectivity index (χ0) is 7.98. The third-order valence-electron chi connectivity index (χ3n) is 0.943. The second-order valence-corrected chi connectivity index (χ2v) is 1.89. The molecule has 0 rings (SSSR count). The van der Waals surface area contributed by atoms with Gasteiger partial charge in [0.25, 0.3) is 0 Å². The van der Waals surface area contributed by atoms with Crippen LogP contribution in [0.25, 0.3) is 0 Å². The summed E-state index contributed by atoms with van der Waals surface area (Å²) in [7, 11) is 0. The molecular weight excluding hydrogens is 126 g/mol. The quantitative estimate of drug-likeness (QED) is 0.320. The molecule has 1 atom stereocenters. The Labute approximate surface area is 61.7 Å². The topological polar surface area (TPSA) is 50.4 Å². The molecule has 0 aromatic rings. The summed E-state index contributed by atoms with van der Waals surface area (Å²) >= 11 is 0. The Morgan fingerprint density at radius 2 is 2.50 bits per heavy atom. The summed E-state index contributed by atoms with van der Waals surface area (Å²) in [6.07, 6.45) is 5.09. The number of rotatable bonds is 2. The summed E-state index contributed by atoms with van der Waals surface area (Å²) in [5.74, 6) is 2.89. The molecule has 3 N–H and O–H groups in total. The molecule has 0 aliphatic carbocycles. The van der Waals surface area contributed by atoms with Gasteiger partial charge in [0.2, 0.25) is 0 Å². The van der Waals surface area contributed by atoms with Crippen LogP contribution < -0.4 is 11.1 Å². The van der Waals surface area contributed by atoms with E-state index in [9.17, 15) is 0 Å². The van der Waals surface area contributed by atoms with E-state index in [-0.39, 0.29) is 6.04 Å². The van der Waals surface area contributed by atoms with Crippen LogP contribution in [0.1, 0.15) is 13.8 Å². The zero-order valence-corrected chi connectivity index (χ0v) is 6.39. The minimum atomic E-state index is -0.0460. The largest absolute Gasteiger partial charge is 0.370 e. The Hall–Kier alpha value is -1.17. The van der Waals surface area contributed by atoms with Gasteiger partial charge in [-0.25, -0.2) is 0 Å². The first-order valence-corrected chi connectivity index (χ1v) is 3.23. The summed E-state index contributed by atoms with van der Waals surface area (Å²) in [6.45, 7) is 4.43. The molecule has 0 aliphatic rings. The lowest BCUT2D eigenvalue weighted by Crippen LogP contribution is -2.37. The van der Waals surface area contributed by atoms with E-state index in [0.717, 1.165) is 0 Å². The molecule has 0 saturated carbocycles. The lowest BCUT2D eigenvalue weighted by molar-refractivity contribution is 0.817.